The molecule has 5 heteroatoms. The van der Waals surface area contributed by atoms with Gasteiger partial charge in [0.15, 0.2) is 11.5 Å². The van der Waals surface area contributed by atoms with Crippen LogP contribution in [0.25, 0.3) is 0 Å². The van der Waals surface area contributed by atoms with Gasteiger partial charge in [0.25, 0.3) is 5.91 Å². The summed E-state index contributed by atoms with van der Waals surface area (Å²) in [6.07, 6.45) is 2.53. The van der Waals surface area contributed by atoms with Crippen LogP contribution in [0.3, 0.4) is 0 Å². The van der Waals surface area contributed by atoms with Gasteiger partial charge >= 0.3 is 0 Å². The van der Waals surface area contributed by atoms with Crippen LogP contribution in [-0.2, 0) is 0 Å². The second-order valence-electron chi connectivity index (χ2n) is 5.27. The van der Waals surface area contributed by atoms with Gasteiger partial charge in [0, 0.05) is 18.0 Å². The van der Waals surface area contributed by atoms with Crippen molar-refractivity contribution in [2.75, 3.05) is 20.3 Å². The molecule has 0 saturated heterocycles. The van der Waals surface area contributed by atoms with Gasteiger partial charge in [-0.25, -0.2) is 0 Å². The van der Waals surface area contributed by atoms with Gasteiger partial charge in [-0.2, -0.15) is 0 Å². The fourth-order valence-corrected chi connectivity index (χ4v) is 2.67. The topological polar surface area (TPSA) is 67.8 Å². The third-order valence-corrected chi connectivity index (χ3v) is 3.87. The van der Waals surface area contributed by atoms with Crippen molar-refractivity contribution >= 4 is 5.91 Å². The number of ether oxygens (including phenoxy) is 2. The minimum absolute atomic E-state index is 0.155. The van der Waals surface area contributed by atoms with E-state index in [0.717, 1.165) is 19.3 Å². The van der Waals surface area contributed by atoms with E-state index in [0.29, 0.717) is 30.2 Å². The van der Waals surface area contributed by atoms with Crippen LogP contribution in [0.2, 0.25) is 0 Å². The number of carbonyl (C=O) groups excluding carboxylic acids is 1. The summed E-state index contributed by atoms with van der Waals surface area (Å²) in [6.45, 7) is 2.90. The van der Waals surface area contributed by atoms with Crippen LogP contribution in [0, 0.1) is 5.92 Å². The lowest BCUT2D eigenvalue weighted by molar-refractivity contribution is 0.0916. The van der Waals surface area contributed by atoms with Crippen molar-refractivity contribution in [2.45, 2.75) is 32.3 Å². The highest BCUT2D eigenvalue weighted by Gasteiger charge is 2.25. The Morgan fingerprint density at radius 2 is 2.19 bits per heavy atom. The normalized spacial score (nSPS) is 21.1. The number of hydrogen-bond donors (Lipinski definition) is 2. The van der Waals surface area contributed by atoms with Gasteiger partial charge in [0.2, 0.25) is 0 Å². The van der Waals surface area contributed by atoms with E-state index in [4.69, 9.17) is 9.47 Å². The molecule has 21 heavy (non-hydrogen) atoms. The van der Waals surface area contributed by atoms with E-state index in [-0.39, 0.29) is 17.9 Å². The molecule has 1 aliphatic carbocycles. The van der Waals surface area contributed by atoms with Gasteiger partial charge in [-0.15, -0.1) is 0 Å². The average molecular weight is 293 g/mol. The van der Waals surface area contributed by atoms with E-state index < -0.39 is 0 Å². The first kappa shape index (κ1) is 15.6. The second kappa shape index (κ2) is 7.31. The molecule has 0 bridgehead atoms. The summed E-state index contributed by atoms with van der Waals surface area (Å²) in [5, 5.41) is 12.6. The van der Waals surface area contributed by atoms with Crippen molar-refractivity contribution in [3.05, 3.63) is 23.8 Å². The van der Waals surface area contributed by atoms with Gasteiger partial charge in [-0.05, 0) is 38.0 Å². The first-order valence-corrected chi connectivity index (χ1v) is 7.42. The highest BCUT2D eigenvalue weighted by molar-refractivity contribution is 5.94. The zero-order valence-electron chi connectivity index (χ0n) is 12.6. The van der Waals surface area contributed by atoms with E-state index in [9.17, 15) is 9.90 Å². The van der Waals surface area contributed by atoms with Crippen molar-refractivity contribution in [3.63, 3.8) is 0 Å². The van der Waals surface area contributed by atoms with Crippen molar-refractivity contribution in [1.29, 1.82) is 0 Å². The van der Waals surface area contributed by atoms with E-state index in [2.05, 4.69) is 5.32 Å². The van der Waals surface area contributed by atoms with Crippen LogP contribution >= 0.6 is 0 Å². The Bertz CT molecular complexity index is 489. The number of aliphatic hydroxyl groups excluding tert-OH is 1. The maximum Gasteiger partial charge on any atom is 0.251 e. The van der Waals surface area contributed by atoms with Crippen LogP contribution in [0.15, 0.2) is 18.2 Å². The van der Waals surface area contributed by atoms with E-state index in [1.54, 1.807) is 25.3 Å². The van der Waals surface area contributed by atoms with E-state index in [1.165, 1.54) is 0 Å². The number of carbonyl (C=O) groups is 1. The zero-order chi connectivity index (χ0) is 15.2. The average Bonchev–Trinajstić information content (AvgIpc) is 2.90. The van der Waals surface area contributed by atoms with Crippen molar-refractivity contribution in [1.82, 2.24) is 5.32 Å². The molecule has 2 atom stereocenters. The molecule has 5 nitrogen and oxygen atoms in total. The summed E-state index contributed by atoms with van der Waals surface area (Å²) < 4.78 is 10.7. The monoisotopic (exact) mass is 293 g/mol. The van der Waals surface area contributed by atoms with Crippen LogP contribution in [0.5, 0.6) is 11.5 Å². The van der Waals surface area contributed by atoms with Crippen LogP contribution in [0.4, 0.5) is 0 Å². The largest absolute Gasteiger partial charge is 0.493 e. The summed E-state index contributed by atoms with van der Waals surface area (Å²) in [4.78, 5) is 12.2. The molecule has 1 amide bonds. The first-order chi connectivity index (χ1) is 10.2. The third-order valence-electron chi connectivity index (χ3n) is 3.87. The molecule has 2 unspecified atom stereocenters. The molecule has 116 valence electrons. The quantitative estimate of drug-likeness (QED) is 0.841. The molecule has 0 aromatic heterocycles. The maximum absolute atomic E-state index is 12.2. The van der Waals surface area contributed by atoms with Gasteiger partial charge in [0.1, 0.15) is 0 Å². The lowest BCUT2D eigenvalue weighted by atomic mass is 10.1. The minimum atomic E-state index is -0.292. The van der Waals surface area contributed by atoms with Crippen LogP contribution in [-0.4, -0.2) is 37.4 Å². The Balaban J connectivity index is 1.99. The second-order valence-corrected chi connectivity index (χ2v) is 5.27. The van der Waals surface area contributed by atoms with Crippen LogP contribution < -0.4 is 14.8 Å². The molecule has 1 aliphatic rings. The zero-order valence-corrected chi connectivity index (χ0v) is 12.6. The van der Waals surface area contributed by atoms with Gasteiger partial charge in [-0.3, -0.25) is 4.79 Å². The van der Waals surface area contributed by atoms with Crippen LogP contribution in [0.1, 0.15) is 36.5 Å². The van der Waals surface area contributed by atoms with Gasteiger partial charge in [0.05, 0.1) is 19.8 Å². The Kier molecular flexibility index (Phi) is 5.44. The van der Waals surface area contributed by atoms with Crippen molar-refractivity contribution in [2.24, 2.45) is 5.92 Å². The number of amides is 1. The molecule has 0 aliphatic heterocycles. The highest BCUT2D eigenvalue weighted by Crippen LogP contribution is 2.28. The fourth-order valence-electron chi connectivity index (χ4n) is 2.67. The molecule has 1 aromatic rings. The highest BCUT2D eigenvalue weighted by atomic mass is 16.5. The summed E-state index contributed by atoms with van der Waals surface area (Å²) >= 11 is 0. The maximum atomic E-state index is 12.2. The van der Waals surface area contributed by atoms with Gasteiger partial charge < -0.3 is 19.9 Å². The first-order valence-electron chi connectivity index (χ1n) is 7.42. The lowest BCUT2D eigenvalue weighted by Crippen LogP contribution is -2.32. The molecular weight excluding hydrogens is 270 g/mol. The lowest BCUT2D eigenvalue weighted by Gasteiger charge is -2.15. The summed E-state index contributed by atoms with van der Waals surface area (Å²) in [5.41, 5.74) is 0.534. The Morgan fingerprint density at radius 1 is 1.38 bits per heavy atom. The predicted molar refractivity (Wildman–Crippen MR) is 79.8 cm³/mol. The molecular formula is C16H23NO4. The van der Waals surface area contributed by atoms with E-state index >= 15 is 0 Å². The summed E-state index contributed by atoms with van der Waals surface area (Å²) in [5.74, 6) is 1.18. The molecule has 0 spiro atoms. The van der Waals surface area contributed by atoms with Crippen molar-refractivity contribution in [3.8, 4) is 11.5 Å². The summed E-state index contributed by atoms with van der Waals surface area (Å²) in [7, 11) is 1.57. The number of hydrogen-bond acceptors (Lipinski definition) is 4. The van der Waals surface area contributed by atoms with Gasteiger partial charge in [-0.1, -0.05) is 6.42 Å². The third kappa shape index (κ3) is 3.88. The Labute approximate surface area is 125 Å². The van der Waals surface area contributed by atoms with Crippen molar-refractivity contribution < 1.29 is 19.4 Å². The number of aliphatic hydroxyl groups is 1. The number of nitrogens with one attached hydrogen (secondary N) is 1. The standard InChI is InChI=1S/C16H23NO4/c1-3-21-15-9-11(7-8-14(15)20-2)16(19)17-10-12-5-4-6-13(12)18/h7-9,12-13,18H,3-6,10H2,1-2H3,(H,17,19). The molecule has 0 heterocycles. The predicted octanol–water partition coefficient (Wildman–Crippen LogP) is 1.98. The smallest absolute Gasteiger partial charge is 0.251 e. The minimum Gasteiger partial charge on any atom is -0.493 e. The summed E-state index contributed by atoms with van der Waals surface area (Å²) in [6, 6.07) is 5.12. The molecule has 0 radical (unpaired) electrons. The number of rotatable bonds is 6. The molecule has 2 rings (SSSR count). The Hall–Kier alpha value is -1.75. The number of benzene rings is 1. The SMILES string of the molecule is CCOc1cc(C(=O)NCC2CCCC2O)ccc1OC. The molecule has 1 aromatic carbocycles. The molecule has 1 saturated carbocycles. The Morgan fingerprint density at radius 3 is 2.81 bits per heavy atom. The van der Waals surface area contributed by atoms with E-state index in [1.807, 2.05) is 6.92 Å². The molecule has 1 fully saturated rings. The number of methoxy groups -OCH3 is 1. The fraction of sp³-hybridized carbons (Fsp3) is 0.562. The molecule has 2 N–H and O–H groups in total.